The summed E-state index contributed by atoms with van der Waals surface area (Å²) in [6.45, 7) is 5.50. The molecule has 1 aliphatic rings. The zero-order valence-electron chi connectivity index (χ0n) is 9.17. The van der Waals surface area contributed by atoms with Crippen LogP contribution in [-0.2, 0) is 12.0 Å². The minimum absolute atomic E-state index is 0.166. The highest BCUT2D eigenvalue weighted by atomic mass is 35.5. The van der Waals surface area contributed by atoms with E-state index in [1.807, 2.05) is 13.0 Å². The number of aliphatic hydroxyl groups is 1. The molecule has 2 nitrogen and oxygen atoms in total. The fraction of sp³-hybridized carbons (Fsp3) is 0.500. The van der Waals surface area contributed by atoms with Gasteiger partial charge < -0.3 is 9.84 Å². The highest BCUT2D eigenvalue weighted by Crippen LogP contribution is 2.40. The highest BCUT2D eigenvalue weighted by molar-refractivity contribution is 6.30. The zero-order chi connectivity index (χ0) is 11.2. The molecule has 0 radical (unpaired) electrons. The maximum atomic E-state index is 10.0. The van der Waals surface area contributed by atoms with Crippen LogP contribution in [0.4, 0.5) is 0 Å². The van der Waals surface area contributed by atoms with E-state index in [0.29, 0.717) is 5.02 Å². The fourth-order valence-electron chi connectivity index (χ4n) is 1.95. The van der Waals surface area contributed by atoms with E-state index in [0.717, 1.165) is 23.3 Å². The molecule has 1 aliphatic heterocycles. The van der Waals surface area contributed by atoms with Crippen LogP contribution in [0.1, 0.15) is 31.9 Å². The number of halogens is 1. The van der Waals surface area contributed by atoms with Gasteiger partial charge in [0.05, 0.1) is 5.60 Å². The number of rotatable bonds is 1. The molecular weight excluding hydrogens is 212 g/mol. The third-order valence-electron chi connectivity index (χ3n) is 2.62. The minimum Gasteiger partial charge on any atom is -0.490 e. The largest absolute Gasteiger partial charge is 0.490 e. The molecule has 3 heteroatoms. The molecule has 15 heavy (non-hydrogen) atoms. The Kier molecular flexibility index (Phi) is 2.44. The Morgan fingerprint density at radius 1 is 1.47 bits per heavy atom. The van der Waals surface area contributed by atoms with Gasteiger partial charge in [-0.25, -0.2) is 0 Å². The van der Waals surface area contributed by atoms with Crippen molar-refractivity contribution in [2.75, 3.05) is 0 Å². The van der Waals surface area contributed by atoms with Gasteiger partial charge in [0.1, 0.15) is 11.9 Å². The predicted molar refractivity (Wildman–Crippen MR) is 60.5 cm³/mol. The van der Waals surface area contributed by atoms with Crippen LogP contribution in [0.15, 0.2) is 12.1 Å². The van der Waals surface area contributed by atoms with Gasteiger partial charge in [-0.15, -0.1) is 0 Å². The maximum Gasteiger partial charge on any atom is 0.129 e. The molecule has 0 spiro atoms. The van der Waals surface area contributed by atoms with Crippen LogP contribution in [0.5, 0.6) is 5.75 Å². The molecule has 1 aromatic carbocycles. The van der Waals surface area contributed by atoms with Crippen molar-refractivity contribution in [2.24, 2.45) is 0 Å². The lowest BCUT2D eigenvalue weighted by atomic mass is 9.95. The Morgan fingerprint density at radius 2 is 2.13 bits per heavy atom. The second-order valence-electron chi connectivity index (χ2n) is 4.63. The van der Waals surface area contributed by atoms with Crippen molar-refractivity contribution in [3.05, 3.63) is 28.3 Å². The maximum absolute atomic E-state index is 10.0. The Bertz CT molecular complexity index is 393. The first-order valence-electron chi connectivity index (χ1n) is 5.10. The summed E-state index contributed by atoms with van der Waals surface area (Å²) in [4.78, 5) is 0. The molecule has 82 valence electrons. The molecule has 0 amide bonds. The van der Waals surface area contributed by atoms with E-state index in [2.05, 4.69) is 0 Å². The molecule has 1 heterocycles. The minimum atomic E-state index is -0.918. The van der Waals surface area contributed by atoms with Crippen LogP contribution in [0.2, 0.25) is 5.02 Å². The van der Waals surface area contributed by atoms with Gasteiger partial charge in [0.25, 0.3) is 0 Å². The van der Waals surface area contributed by atoms with Gasteiger partial charge in [-0.05, 0) is 38.5 Å². The van der Waals surface area contributed by atoms with Crippen LogP contribution in [0.25, 0.3) is 0 Å². The molecule has 0 saturated heterocycles. The number of hydrogen-bond acceptors (Lipinski definition) is 2. The van der Waals surface area contributed by atoms with Crippen molar-refractivity contribution in [1.29, 1.82) is 0 Å². The lowest BCUT2D eigenvalue weighted by Crippen LogP contribution is -2.17. The number of benzene rings is 1. The van der Waals surface area contributed by atoms with Crippen LogP contribution in [-0.4, -0.2) is 11.2 Å². The average molecular weight is 227 g/mol. The first-order chi connectivity index (χ1) is 6.88. The number of hydrogen-bond donors (Lipinski definition) is 1. The summed E-state index contributed by atoms with van der Waals surface area (Å²) in [5, 5.41) is 10.7. The molecule has 1 atom stereocenters. The zero-order valence-corrected chi connectivity index (χ0v) is 9.93. The third-order valence-corrected chi connectivity index (χ3v) is 2.83. The summed E-state index contributed by atoms with van der Waals surface area (Å²) in [6.07, 6.45) is 1.03. The van der Waals surface area contributed by atoms with Crippen LogP contribution >= 0.6 is 11.6 Å². The average Bonchev–Trinajstić information content (AvgIpc) is 2.41. The molecule has 1 unspecified atom stereocenters. The van der Waals surface area contributed by atoms with Crippen molar-refractivity contribution < 1.29 is 9.84 Å². The number of fused-ring (bicyclic) bond motifs is 1. The molecule has 0 saturated carbocycles. The Morgan fingerprint density at radius 3 is 2.73 bits per heavy atom. The Hall–Kier alpha value is -0.730. The Labute approximate surface area is 94.8 Å². The van der Waals surface area contributed by atoms with Crippen molar-refractivity contribution in [1.82, 2.24) is 0 Å². The van der Waals surface area contributed by atoms with E-state index in [1.165, 1.54) is 0 Å². The normalized spacial score (nSPS) is 19.9. The lowest BCUT2D eigenvalue weighted by molar-refractivity contribution is 0.0743. The van der Waals surface area contributed by atoms with Gasteiger partial charge in [-0.2, -0.15) is 0 Å². The molecule has 0 fully saturated rings. The smallest absolute Gasteiger partial charge is 0.129 e. The van der Waals surface area contributed by atoms with E-state index in [9.17, 15) is 5.11 Å². The van der Waals surface area contributed by atoms with Crippen molar-refractivity contribution in [3.63, 3.8) is 0 Å². The quantitative estimate of drug-likeness (QED) is 0.798. The molecule has 1 aromatic rings. The van der Waals surface area contributed by atoms with Crippen molar-refractivity contribution in [3.8, 4) is 5.75 Å². The monoisotopic (exact) mass is 226 g/mol. The van der Waals surface area contributed by atoms with E-state index >= 15 is 0 Å². The predicted octanol–water partition coefficient (Wildman–Crippen LogP) is 2.89. The molecule has 0 bridgehead atoms. The number of ether oxygens (including phenoxy) is 1. The van der Waals surface area contributed by atoms with Gasteiger partial charge in [0.15, 0.2) is 0 Å². The lowest BCUT2D eigenvalue weighted by Gasteiger charge is -2.21. The van der Waals surface area contributed by atoms with Crippen molar-refractivity contribution >= 4 is 11.6 Å². The van der Waals surface area contributed by atoms with Gasteiger partial charge >= 0.3 is 0 Å². The topological polar surface area (TPSA) is 29.5 Å². The van der Waals surface area contributed by atoms with Gasteiger partial charge in [-0.1, -0.05) is 11.6 Å². The van der Waals surface area contributed by atoms with Gasteiger partial charge in [0.2, 0.25) is 0 Å². The second-order valence-corrected chi connectivity index (χ2v) is 5.07. The first kappa shape index (κ1) is 10.8. The SMILES string of the molecule is CC1Cc2cc(Cl)cc(C(C)(C)O)c2O1. The van der Waals surface area contributed by atoms with Gasteiger partial charge in [0, 0.05) is 17.0 Å². The van der Waals surface area contributed by atoms with E-state index in [4.69, 9.17) is 16.3 Å². The molecular formula is C12H15ClO2. The van der Waals surface area contributed by atoms with Crippen LogP contribution in [0.3, 0.4) is 0 Å². The Balaban J connectivity index is 2.57. The molecule has 0 aliphatic carbocycles. The standard InChI is InChI=1S/C12H15ClO2/c1-7-4-8-5-9(13)6-10(11(8)15-7)12(2,3)14/h5-7,14H,4H2,1-3H3. The van der Waals surface area contributed by atoms with E-state index in [1.54, 1.807) is 19.9 Å². The summed E-state index contributed by atoms with van der Waals surface area (Å²) < 4.78 is 5.70. The van der Waals surface area contributed by atoms with E-state index in [-0.39, 0.29) is 6.10 Å². The van der Waals surface area contributed by atoms with Gasteiger partial charge in [-0.3, -0.25) is 0 Å². The summed E-state index contributed by atoms with van der Waals surface area (Å²) in [5.41, 5.74) is 0.945. The van der Waals surface area contributed by atoms with Crippen LogP contribution in [0, 0.1) is 0 Å². The van der Waals surface area contributed by atoms with Crippen LogP contribution < -0.4 is 4.74 Å². The summed E-state index contributed by atoms with van der Waals surface area (Å²) in [7, 11) is 0. The van der Waals surface area contributed by atoms with E-state index < -0.39 is 5.60 Å². The first-order valence-corrected chi connectivity index (χ1v) is 5.47. The summed E-state index contributed by atoms with van der Waals surface area (Å²) in [5.74, 6) is 0.805. The second kappa shape index (κ2) is 3.39. The highest BCUT2D eigenvalue weighted by Gasteiger charge is 2.29. The third kappa shape index (κ3) is 1.97. The molecule has 0 aromatic heterocycles. The molecule has 2 rings (SSSR count). The fourth-order valence-corrected chi connectivity index (χ4v) is 2.19. The van der Waals surface area contributed by atoms with Crippen molar-refractivity contribution in [2.45, 2.75) is 38.9 Å². The summed E-state index contributed by atoms with van der Waals surface area (Å²) >= 11 is 6.02. The molecule has 1 N–H and O–H groups in total. The summed E-state index contributed by atoms with van der Waals surface area (Å²) in [6, 6.07) is 3.69.